The third-order valence-electron chi connectivity index (χ3n) is 3.59. The van der Waals surface area contributed by atoms with Gasteiger partial charge in [0.2, 0.25) is 5.91 Å². The van der Waals surface area contributed by atoms with Crippen molar-refractivity contribution in [1.82, 2.24) is 4.98 Å². The molecule has 0 atom stereocenters. The van der Waals surface area contributed by atoms with Crippen molar-refractivity contribution in [3.05, 3.63) is 77.3 Å². The highest BCUT2D eigenvalue weighted by Crippen LogP contribution is 2.19. The Kier molecular flexibility index (Phi) is 5.68. The Morgan fingerprint density at radius 2 is 1.78 bits per heavy atom. The molecule has 0 bridgehead atoms. The maximum atomic E-state index is 12.3. The zero-order valence-corrected chi connectivity index (χ0v) is 16.0. The Labute approximate surface area is 161 Å². The summed E-state index contributed by atoms with van der Waals surface area (Å²) in [6.07, 6.45) is 4.66. The zero-order chi connectivity index (χ0) is 19.3. The largest absolute Gasteiger partial charge is 0.323 e. The lowest BCUT2D eigenvalue weighted by atomic mass is 10.1. The van der Waals surface area contributed by atoms with Crippen molar-refractivity contribution in [2.24, 2.45) is 0 Å². The van der Waals surface area contributed by atoms with Crippen molar-refractivity contribution in [2.45, 2.75) is 11.8 Å². The number of benzene rings is 2. The Balaban J connectivity index is 1.63. The number of aryl methyl sites for hydroxylation is 1. The summed E-state index contributed by atoms with van der Waals surface area (Å²) in [7, 11) is -3.71. The van der Waals surface area contributed by atoms with Gasteiger partial charge in [0.25, 0.3) is 10.0 Å². The van der Waals surface area contributed by atoms with E-state index in [1.807, 2.05) is 31.2 Å². The lowest BCUT2D eigenvalue weighted by molar-refractivity contribution is -0.111. The Morgan fingerprint density at radius 1 is 1.07 bits per heavy atom. The first-order chi connectivity index (χ1) is 12.9. The van der Waals surface area contributed by atoms with Gasteiger partial charge in [-0.2, -0.15) is 0 Å². The third kappa shape index (κ3) is 5.25. The minimum atomic E-state index is -3.71. The highest BCUT2D eigenvalue weighted by atomic mass is 32.2. The SMILES string of the molecule is Cc1ccc(/C=C\C(=O)Nc2ccc(S(=O)(=O)Nc3nccs3)cc2)cc1. The van der Waals surface area contributed by atoms with Crippen LogP contribution in [-0.2, 0) is 14.8 Å². The Hall–Kier alpha value is -2.97. The summed E-state index contributed by atoms with van der Waals surface area (Å²) in [6.45, 7) is 2.00. The van der Waals surface area contributed by atoms with Crippen LogP contribution in [0.3, 0.4) is 0 Å². The van der Waals surface area contributed by atoms with E-state index in [0.717, 1.165) is 11.1 Å². The van der Waals surface area contributed by atoms with Crippen molar-refractivity contribution in [1.29, 1.82) is 0 Å². The normalized spacial score (nSPS) is 11.4. The number of amides is 1. The van der Waals surface area contributed by atoms with Crippen molar-refractivity contribution in [3.63, 3.8) is 0 Å². The van der Waals surface area contributed by atoms with Crippen LogP contribution < -0.4 is 10.0 Å². The van der Waals surface area contributed by atoms with E-state index in [4.69, 9.17) is 0 Å². The molecule has 0 aliphatic rings. The van der Waals surface area contributed by atoms with Gasteiger partial charge in [-0.05, 0) is 42.8 Å². The summed E-state index contributed by atoms with van der Waals surface area (Å²) in [5, 5.41) is 4.68. The molecule has 6 nitrogen and oxygen atoms in total. The van der Waals surface area contributed by atoms with Crippen LogP contribution in [0.1, 0.15) is 11.1 Å². The molecule has 0 saturated heterocycles. The van der Waals surface area contributed by atoms with Crippen LogP contribution in [0.25, 0.3) is 6.08 Å². The molecule has 2 N–H and O–H groups in total. The predicted octanol–water partition coefficient (Wildman–Crippen LogP) is 3.90. The van der Waals surface area contributed by atoms with E-state index < -0.39 is 10.0 Å². The first-order valence-electron chi connectivity index (χ1n) is 8.00. The summed E-state index contributed by atoms with van der Waals surface area (Å²) < 4.78 is 26.9. The van der Waals surface area contributed by atoms with Crippen LogP contribution >= 0.6 is 11.3 Å². The first kappa shape index (κ1) is 18.8. The molecule has 27 heavy (non-hydrogen) atoms. The smallest absolute Gasteiger partial charge is 0.263 e. The van der Waals surface area contributed by atoms with Gasteiger partial charge < -0.3 is 5.32 Å². The molecule has 0 aliphatic carbocycles. The Morgan fingerprint density at radius 3 is 2.41 bits per heavy atom. The molecule has 0 saturated carbocycles. The van der Waals surface area contributed by atoms with Gasteiger partial charge in [0.1, 0.15) is 0 Å². The number of carbonyl (C=O) groups is 1. The highest BCUT2D eigenvalue weighted by Gasteiger charge is 2.15. The van der Waals surface area contributed by atoms with Gasteiger partial charge in [0.05, 0.1) is 4.90 Å². The Bertz CT molecular complexity index is 1040. The second kappa shape index (κ2) is 8.15. The van der Waals surface area contributed by atoms with Crippen LogP contribution in [-0.4, -0.2) is 19.3 Å². The molecule has 1 aromatic heterocycles. The first-order valence-corrected chi connectivity index (χ1v) is 10.4. The van der Waals surface area contributed by atoms with Crippen molar-refractivity contribution < 1.29 is 13.2 Å². The minimum Gasteiger partial charge on any atom is -0.323 e. The topological polar surface area (TPSA) is 88.2 Å². The summed E-state index contributed by atoms with van der Waals surface area (Å²) >= 11 is 1.19. The maximum absolute atomic E-state index is 12.3. The molecular formula is C19H17N3O3S2. The molecular weight excluding hydrogens is 382 g/mol. The highest BCUT2D eigenvalue weighted by molar-refractivity contribution is 7.93. The number of carbonyl (C=O) groups excluding carboxylic acids is 1. The quantitative estimate of drug-likeness (QED) is 0.615. The van der Waals surface area contributed by atoms with Gasteiger partial charge in [-0.3, -0.25) is 9.52 Å². The van der Waals surface area contributed by atoms with E-state index in [2.05, 4.69) is 15.0 Å². The van der Waals surface area contributed by atoms with Crippen LogP contribution in [0, 0.1) is 6.92 Å². The van der Waals surface area contributed by atoms with E-state index >= 15 is 0 Å². The van der Waals surface area contributed by atoms with Crippen molar-refractivity contribution >= 4 is 44.2 Å². The van der Waals surface area contributed by atoms with Gasteiger partial charge in [-0.1, -0.05) is 29.8 Å². The lowest BCUT2D eigenvalue weighted by Gasteiger charge is -2.07. The fraction of sp³-hybridized carbons (Fsp3) is 0.0526. The van der Waals surface area contributed by atoms with Gasteiger partial charge >= 0.3 is 0 Å². The van der Waals surface area contributed by atoms with E-state index in [9.17, 15) is 13.2 Å². The monoisotopic (exact) mass is 399 g/mol. The number of thiazole rings is 1. The van der Waals surface area contributed by atoms with E-state index in [-0.39, 0.29) is 10.8 Å². The molecule has 1 heterocycles. The molecule has 1 amide bonds. The number of sulfonamides is 1. The van der Waals surface area contributed by atoms with Gasteiger partial charge in [0.15, 0.2) is 5.13 Å². The second-order valence-electron chi connectivity index (χ2n) is 5.70. The molecule has 3 rings (SSSR count). The molecule has 0 radical (unpaired) electrons. The number of anilines is 2. The average molecular weight is 399 g/mol. The standard InChI is InChI=1S/C19H17N3O3S2/c1-14-2-4-15(5-3-14)6-11-18(23)21-16-7-9-17(10-8-16)27(24,25)22-19-20-12-13-26-19/h2-13H,1H3,(H,20,22)(H,21,23)/b11-6-. The summed E-state index contributed by atoms with van der Waals surface area (Å²) in [5.74, 6) is -0.299. The van der Waals surface area contributed by atoms with Crippen molar-refractivity contribution in [3.8, 4) is 0 Å². The van der Waals surface area contributed by atoms with Crippen LogP contribution in [0.5, 0.6) is 0 Å². The van der Waals surface area contributed by atoms with Gasteiger partial charge in [-0.15, -0.1) is 11.3 Å². The number of nitrogens with one attached hydrogen (secondary N) is 2. The average Bonchev–Trinajstić information content (AvgIpc) is 3.14. The maximum Gasteiger partial charge on any atom is 0.263 e. The lowest BCUT2D eigenvalue weighted by Crippen LogP contribution is -2.13. The molecule has 0 fully saturated rings. The van der Waals surface area contributed by atoms with Crippen LogP contribution in [0.15, 0.2) is 71.1 Å². The molecule has 0 spiro atoms. The minimum absolute atomic E-state index is 0.0888. The number of aromatic nitrogens is 1. The van der Waals surface area contributed by atoms with E-state index in [1.54, 1.807) is 11.5 Å². The fourth-order valence-electron chi connectivity index (χ4n) is 2.20. The fourth-order valence-corrected chi connectivity index (χ4v) is 3.99. The summed E-state index contributed by atoms with van der Waals surface area (Å²) in [6, 6.07) is 13.7. The molecule has 2 aromatic carbocycles. The van der Waals surface area contributed by atoms with Gasteiger partial charge in [0, 0.05) is 23.3 Å². The number of hydrogen-bond donors (Lipinski definition) is 2. The molecule has 8 heteroatoms. The summed E-state index contributed by atoms with van der Waals surface area (Å²) in [5.41, 5.74) is 2.57. The predicted molar refractivity (Wildman–Crippen MR) is 108 cm³/mol. The number of hydrogen-bond acceptors (Lipinski definition) is 5. The van der Waals surface area contributed by atoms with Crippen molar-refractivity contribution in [2.75, 3.05) is 10.0 Å². The number of nitrogens with zero attached hydrogens (tertiary/aromatic N) is 1. The second-order valence-corrected chi connectivity index (χ2v) is 8.28. The van der Waals surface area contributed by atoms with Crippen LogP contribution in [0.4, 0.5) is 10.8 Å². The van der Waals surface area contributed by atoms with Crippen LogP contribution in [0.2, 0.25) is 0 Å². The molecule has 3 aromatic rings. The third-order valence-corrected chi connectivity index (χ3v) is 5.76. The summed E-state index contributed by atoms with van der Waals surface area (Å²) in [4.78, 5) is 16.0. The van der Waals surface area contributed by atoms with Gasteiger partial charge in [-0.25, -0.2) is 13.4 Å². The zero-order valence-electron chi connectivity index (χ0n) is 14.4. The number of rotatable bonds is 6. The van der Waals surface area contributed by atoms with E-state index in [1.165, 1.54) is 47.9 Å². The molecule has 0 aliphatic heterocycles. The molecule has 138 valence electrons. The van der Waals surface area contributed by atoms with E-state index in [0.29, 0.717) is 10.8 Å². The molecule has 0 unspecified atom stereocenters.